The van der Waals surface area contributed by atoms with Crippen LogP contribution in [0.1, 0.15) is 66.9 Å². The van der Waals surface area contributed by atoms with E-state index in [0.29, 0.717) is 18.4 Å². The molecule has 1 unspecified atom stereocenters. The van der Waals surface area contributed by atoms with Crippen molar-refractivity contribution < 1.29 is 22.8 Å². The molecule has 1 atom stereocenters. The van der Waals surface area contributed by atoms with Crippen LogP contribution in [0.2, 0.25) is 0 Å². The molecule has 35 heavy (non-hydrogen) atoms. The van der Waals surface area contributed by atoms with Gasteiger partial charge in [0, 0.05) is 25.2 Å². The number of rotatable bonds is 7. The second-order valence-electron chi connectivity index (χ2n) is 8.56. The molecule has 2 N–H and O–H groups in total. The monoisotopic (exact) mass is 483 g/mol. The van der Waals surface area contributed by atoms with Crippen LogP contribution in [0.3, 0.4) is 0 Å². The van der Waals surface area contributed by atoms with Gasteiger partial charge < -0.3 is 10.6 Å². The van der Waals surface area contributed by atoms with Crippen LogP contribution < -0.4 is 10.6 Å². The molecular weight excluding hydrogens is 455 g/mol. The highest BCUT2D eigenvalue weighted by Gasteiger charge is 2.58. The Morgan fingerprint density at radius 2 is 1.91 bits per heavy atom. The van der Waals surface area contributed by atoms with E-state index in [2.05, 4.69) is 27.5 Å². The number of aromatic nitrogens is 1. The fraction of sp³-hybridized carbons (Fsp3) is 0.370. The van der Waals surface area contributed by atoms with Crippen LogP contribution >= 0.6 is 0 Å². The van der Waals surface area contributed by atoms with E-state index in [0.717, 1.165) is 24.8 Å². The summed E-state index contributed by atoms with van der Waals surface area (Å²) in [5.41, 5.74) is -1.42. The van der Waals surface area contributed by atoms with Gasteiger partial charge in [0.1, 0.15) is 5.70 Å². The van der Waals surface area contributed by atoms with Crippen molar-refractivity contribution in [2.75, 3.05) is 0 Å². The van der Waals surface area contributed by atoms with Crippen LogP contribution in [-0.4, -0.2) is 28.5 Å². The van der Waals surface area contributed by atoms with Crippen LogP contribution in [0.15, 0.2) is 54.5 Å². The molecule has 0 saturated carbocycles. The molecule has 0 bridgehead atoms. The minimum absolute atomic E-state index is 0.0728. The van der Waals surface area contributed by atoms with Gasteiger partial charge in [0.15, 0.2) is 0 Å². The maximum Gasteiger partial charge on any atom is 0.423 e. The Bertz CT molecular complexity index is 1150. The first-order valence-electron chi connectivity index (χ1n) is 11.6. The van der Waals surface area contributed by atoms with Gasteiger partial charge in [-0.05, 0) is 36.6 Å². The van der Waals surface area contributed by atoms with E-state index in [1.807, 2.05) is 13.8 Å². The van der Waals surface area contributed by atoms with Crippen molar-refractivity contribution in [3.8, 4) is 11.8 Å². The number of pyridine rings is 1. The molecule has 184 valence electrons. The smallest absolute Gasteiger partial charge is 0.326 e. The minimum Gasteiger partial charge on any atom is -0.326 e. The van der Waals surface area contributed by atoms with E-state index >= 15 is 0 Å². The predicted molar refractivity (Wildman–Crippen MR) is 128 cm³/mol. The molecule has 1 aliphatic heterocycles. The molecule has 3 rings (SSSR count). The zero-order chi connectivity index (χ0) is 25.5. The predicted octanol–water partition coefficient (Wildman–Crippen LogP) is 5.33. The van der Waals surface area contributed by atoms with Crippen LogP contribution in [0.25, 0.3) is 5.57 Å². The first kappa shape index (κ1) is 26.0. The zero-order valence-electron chi connectivity index (χ0n) is 19.8. The van der Waals surface area contributed by atoms with E-state index < -0.39 is 30.0 Å². The summed E-state index contributed by atoms with van der Waals surface area (Å²) in [6, 6.07) is 9.81. The van der Waals surface area contributed by atoms with Gasteiger partial charge in [0.2, 0.25) is 5.54 Å². The number of amides is 2. The van der Waals surface area contributed by atoms with E-state index in [-0.39, 0.29) is 16.8 Å². The molecule has 0 saturated heterocycles. The number of unbranched alkanes of at least 4 members (excludes halogenated alkanes) is 4. The Hall–Kier alpha value is -3.60. The Labute approximate surface area is 203 Å². The lowest BCUT2D eigenvalue weighted by Gasteiger charge is -2.37. The highest BCUT2D eigenvalue weighted by atomic mass is 19.4. The van der Waals surface area contributed by atoms with Crippen molar-refractivity contribution in [2.45, 2.75) is 64.1 Å². The maximum atomic E-state index is 14.4. The van der Waals surface area contributed by atoms with E-state index in [9.17, 15) is 22.8 Å². The van der Waals surface area contributed by atoms with Crippen molar-refractivity contribution in [1.29, 1.82) is 0 Å². The molecule has 2 amide bonds. The van der Waals surface area contributed by atoms with Gasteiger partial charge in [-0.2, -0.15) is 13.2 Å². The number of carbonyl (C=O) groups excluding carboxylic acids is 2. The first-order chi connectivity index (χ1) is 16.7. The standard InChI is InChI=1S/C27H28F3N3O2/c1-3-4-5-6-7-8-15-26(27(28,29)30)17-22(20-13-11-19(2)12-14-20)23(25(35)33-26)32-24(34)21-10-9-16-31-18-21/h9-14,16,18H,3-7,17H2,1-2H3,(H,32,34)(H,33,35). The van der Waals surface area contributed by atoms with Crippen molar-refractivity contribution in [2.24, 2.45) is 0 Å². The van der Waals surface area contributed by atoms with Gasteiger partial charge in [-0.25, -0.2) is 0 Å². The van der Waals surface area contributed by atoms with Crippen molar-refractivity contribution in [3.05, 3.63) is 71.2 Å². The van der Waals surface area contributed by atoms with Crippen LogP contribution in [-0.2, 0) is 4.79 Å². The SMILES string of the molecule is CCCCCCC#CC1(C(F)(F)F)CC(c2ccc(C)cc2)=C(NC(=O)c2cccnc2)C(=O)N1. The van der Waals surface area contributed by atoms with Crippen molar-refractivity contribution in [3.63, 3.8) is 0 Å². The second kappa shape index (κ2) is 11.2. The summed E-state index contributed by atoms with van der Waals surface area (Å²) in [5, 5.41) is 4.57. The third-order valence-electron chi connectivity index (χ3n) is 5.80. The number of carbonyl (C=O) groups is 2. The van der Waals surface area contributed by atoms with Gasteiger partial charge in [0.25, 0.3) is 11.8 Å². The Balaban J connectivity index is 2.03. The van der Waals surface area contributed by atoms with Gasteiger partial charge in [-0.1, -0.05) is 61.9 Å². The number of hydrogen-bond donors (Lipinski definition) is 2. The molecule has 1 aliphatic rings. The second-order valence-corrected chi connectivity index (χ2v) is 8.56. The number of nitrogens with one attached hydrogen (secondary N) is 2. The number of hydrogen-bond acceptors (Lipinski definition) is 3. The van der Waals surface area contributed by atoms with Crippen LogP contribution in [0, 0.1) is 18.8 Å². The van der Waals surface area contributed by atoms with Gasteiger partial charge in [-0.15, -0.1) is 5.92 Å². The molecule has 5 nitrogen and oxygen atoms in total. The third-order valence-corrected chi connectivity index (χ3v) is 5.80. The quantitative estimate of drug-likeness (QED) is 0.413. The average molecular weight is 484 g/mol. The number of nitrogens with zero attached hydrogens (tertiary/aromatic N) is 1. The fourth-order valence-electron chi connectivity index (χ4n) is 3.78. The summed E-state index contributed by atoms with van der Waals surface area (Å²) in [6.45, 7) is 3.90. The summed E-state index contributed by atoms with van der Waals surface area (Å²) in [4.78, 5) is 29.7. The van der Waals surface area contributed by atoms with Crippen molar-refractivity contribution >= 4 is 17.4 Å². The van der Waals surface area contributed by atoms with E-state index in [4.69, 9.17) is 0 Å². The lowest BCUT2D eigenvalue weighted by atomic mass is 9.82. The number of benzene rings is 1. The molecule has 8 heteroatoms. The summed E-state index contributed by atoms with van der Waals surface area (Å²) in [7, 11) is 0. The first-order valence-corrected chi connectivity index (χ1v) is 11.6. The Kier molecular flexibility index (Phi) is 8.34. The summed E-state index contributed by atoms with van der Waals surface area (Å²) in [5.74, 6) is 3.29. The highest BCUT2D eigenvalue weighted by Crippen LogP contribution is 2.41. The van der Waals surface area contributed by atoms with Gasteiger partial charge in [-0.3, -0.25) is 14.6 Å². The molecule has 2 aromatic rings. The lowest BCUT2D eigenvalue weighted by molar-refractivity contribution is -0.180. The zero-order valence-corrected chi connectivity index (χ0v) is 19.8. The molecule has 0 spiro atoms. The Morgan fingerprint density at radius 1 is 1.17 bits per heavy atom. The lowest BCUT2D eigenvalue weighted by Crippen LogP contribution is -2.61. The van der Waals surface area contributed by atoms with E-state index in [1.165, 1.54) is 18.5 Å². The van der Waals surface area contributed by atoms with Gasteiger partial charge in [0.05, 0.1) is 5.56 Å². The molecule has 0 fully saturated rings. The van der Waals surface area contributed by atoms with Crippen molar-refractivity contribution in [1.82, 2.24) is 15.6 Å². The largest absolute Gasteiger partial charge is 0.423 e. The normalized spacial score (nSPS) is 17.9. The molecule has 1 aromatic heterocycles. The molecule has 0 aliphatic carbocycles. The third kappa shape index (κ3) is 6.30. The number of halogens is 3. The van der Waals surface area contributed by atoms with Crippen LogP contribution in [0.4, 0.5) is 13.2 Å². The summed E-state index contributed by atoms with van der Waals surface area (Å²) < 4.78 is 43.1. The highest BCUT2D eigenvalue weighted by molar-refractivity contribution is 6.09. The molecule has 2 heterocycles. The number of alkyl halides is 3. The fourth-order valence-corrected chi connectivity index (χ4v) is 3.78. The maximum absolute atomic E-state index is 14.4. The van der Waals surface area contributed by atoms with E-state index in [1.54, 1.807) is 30.3 Å². The van der Waals surface area contributed by atoms with Gasteiger partial charge >= 0.3 is 6.18 Å². The molecule has 1 aromatic carbocycles. The summed E-state index contributed by atoms with van der Waals surface area (Å²) >= 11 is 0. The minimum atomic E-state index is -4.83. The molecule has 0 radical (unpaired) electrons. The number of aryl methyl sites for hydroxylation is 1. The Morgan fingerprint density at radius 3 is 2.54 bits per heavy atom. The average Bonchev–Trinajstić information content (AvgIpc) is 2.83. The topological polar surface area (TPSA) is 71.1 Å². The molecular formula is C27H28F3N3O2. The summed E-state index contributed by atoms with van der Waals surface area (Å²) in [6.07, 6.45) is 1.22. The van der Waals surface area contributed by atoms with Crippen LogP contribution in [0.5, 0.6) is 0 Å².